The number of carbonyl (C=O) groups excluding carboxylic acids is 1. The predicted octanol–water partition coefficient (Wildman–Crippen LogP) is 7.65. The minimum atomic E-state index is -0.908. The van der Waals surface area contributed by atoms with E-state index in [1.54, 1.807) is 6.07 Å². The van der Waals surface area contributed by atoms with Crippen molar-refractivity contribution in [3.63, 3.8) is 0 Å². The van der Waals surface area contributed by atoms with Gasteiger partial charge in [0.1, 0.15) is 11.3 Å². The number of halogens is 2. The summed E-state index contributed by atoms with van der Waals surface area (Å²) in [5.74, 6) is 1.16. The average Bonchev–Trinajstić information content (AvgIpc) is 3.31. The van der Waals surface area contributed by atoms with Crippen molar-refractivity contribution in [2.24, 2.45) is 5.92 Å². The van der Waals surface area contributed by atoms with Gasteiger partial charge in [-0.25, -0.2) is 9.18 Å². The van der Waals surface area contributed by atoms with Gasteiger partial charge in [-0.05, 0) is 98.4 Å². The summed E-state index contributed by atoms with van der Waals surface area (Å²) in [6, 6.07) is 12.9. The molecule has 0 bridgehead atoms. The van der Waals surface area contributed by atoms with Gasteiger partial charge in [-0.3, -0.25) is 9.88 Å². The Hall–Kier alpha value is -3.36. The van der Waals surface area contributed by atoms with Gasteiger partial charge in [0.25, 0.3) is 0 Å². The molecule has 1 aliphatic heterocycles. The fourth-order valence-corrected chi connectivity index (χ4v) is 8.10. The van der Waals surface area contributed by atoms with Crippen LogP contribution in [0.15, 0.2) is 48.7 Å². The van der Waals surface area contributed by atoms with Gasteiger partial charge in [0, 0.05) is 52.7 Å². The number of ether oxygens (including phenoxy) is 3. The van der Waals surface area contributed by atoms with Gasteiger partial charge in [-0.1, -0.05) is 31.5 Å². The Kier molecular flexibility index (Phi) is 8.99. The molecule has 3 aliphatic rings. The van der Waals surface area contributed by atoms with Crippen molar-refractivity contribution < 1.29 is 23.4 Å². The first-order valence-electron chi connectivity index (χ1n) is 16.0. The van der Waals surface area contributed by atoms with Crippen molar-refractivity contribution in [1.29, 1.82) is 0 Å². The lowest BCUT2D eigenvalue weighted by atomic mass is 9.68. The lowest BCUT2D eigenvalue weighted by Gasteiger charge is -2.49. The van der Waals surface area contributed by atoms with Gasteiger partial charge in [-0.15, -0.1) is 0 Å². The van der Waals surface area contributed by atoms with Crippen LogP contribution in [0.1, 0.15) is 80.7 Å². The highest BCUT2D eigenvalue weighted by Crippen LogP contribution is 2.53. The molecule has 1 saturated carbocycles. The summed E-state index contributed by atoms with van der Waals surface area (Å²) in [7, 11) is 2.93. The van der Waals surface area contributed by atoms with E-state index in [1.165, 1.54) is 19.8 Å². The Morgan fingerprint density at radius 3 is 2.69 bits per heavy atom. The third-order valence-electron chi connectivity index (χ3n) is 10.2. The maximum atomic E-state index is 15.0. The third kappa shape index (κ3) is 5.99. The molecule has 240 valence electrons. The molecule has 1 aromatic heterocycles. The van der Waals surface area contributed by atoms with Crippen LogP contribution < -0.4 is 14.8 Å². The minimum absolute atomic E-state index is 0.197. The van der Waals surface area contributed by atoms with Gasteiger partial charge in [0.2, 0.25) is 0 Å². The monoisotopic (exact) mass is 635 g/mol. The van der Waals surface area contributed by atoms with E-state index in [2.05, 4.69) is 29.0 Å². The minimum Gasteiger partial charge on any atom is -0.494 e. The van der Waals surface area contributed by atoms with Gasteiger partial charge < -0.3 is 19.5 Å². The molecule has 1 spiro atoms. The topological polar surface area (TPSA) is 72.9 Å². The van der Waals surface area contributed by atoms with Crippen LogP contribution in [0, 0.1) is 11.7 Å². The van der Waals surface area contributed by atoms with Crippen LogP contribution >= 0.6 is 11.6 Å². The highest BCUT2D eigenvalue weighted by Gasteiger charge is 2.54. The number of pyridine rings is 1. The Bertz CT molecular complexity index is 1560. The molecule has 2 atom stereocenters. The average molecular weight is 636 g/mol. The number of fused-ring (bicyclic) bond motifs is 3. The van der Waals surface area contributed by atoms with Gasteiger partial charge in [0.15, 0.2) is 11.6 Å². The molecule has 7 nitrogen and oxygen atoms in total. The zero-order valence-electron chi connectivity index (χ0n) is 26.6. The van der Waals surface area contributed by atoms with Crippen LogP contribution in [0.3, 0.4) is 0 Å². The highest BCUT2D eigenvalue weighted by molar-refractivity contribution is 6.30. The number of esters is 1. The molecule has 45 heavy (non-hydrogen) atoms. The number of hydrogen-bond acceptors (Lipinski definition) is 7. The number of methoxy groups -OCH3 is 2. The number of hydrogen-bond donors (Lipinski definition) is 1. The molecule has 1 fully saturated rings. The third-order valence-corrected chi connectivity index (χ3v) is 10.4. The van der Waals surface area contributed by atoms with E-state index in [-0.39, 0.29) is 29.0 Å². The van der Waals surface area contributed by atoms with Crippen molar-refractivity contribution in [3.05, 3.63) is 81.9 Å². The first-order chi connectivity index (χ1) is 21.7. The number of anilines is 1. The van der Waals surface area contributed by atoms with E-state index >= 15 is 0 Å². The van der Waals surface area contributed by atoms with E-state index in [0.717, 1.165) is 54.1 Å². The molecule has 2 heterocycles. The number of benzene rings is 2. The summed E-state index contributed by atoms with van der Waals surface area (Å²) in [5.41, 5.74) is 3.93. The number of aryl methyl sites for hydroxylation is 1. The second-order valence-corrected chi connectivity index (χ2v) is 13.6. The van der Waals surface area contributed by atoms with Crippen LogP contribution in [0.2, 0.25) is 5.02 Å². The lowest BCUT2D eigenvalue weighted by molar-refractivity contribution is -0.148. The summed E-state index contributed by atoms with van der Waals surface area (Å²) in [6.45, 7) is 6.40. The second kappa shape index (κ2) is 12.8. The standard InChI is InChI=1S/C36H43ClFN3O4/c1-23(22-45-31-11-16-39-30-10-5-7-24(2)33(30)31)20-41-21-25-17-29(38)32(43-3)19-28(25)36(41)14-12-35(13-15-36,34(42)44-4)40-27-9-6-8-26(37)18-27/h6,8-9,11,16-19,23-24,40H,5,7,10,12-15,20-22H2,1-4H3/t23-,24-,35?,36?/m1/s1. The molecular formula is C36H43ClFN3O4. The molecule has 6 rings (SSSR count). The van der Waals surface area contributed by atoms with Crippen molar-refractivity contribution in [1.82, 2.24) is 9.88 Å². The Morgan fingerprint density at radius 1 is 1.16 bits per heavy atom. The Morgan fingerprint density at radius 2 is 1.96 bits per heavy atom. The van der Waals surface area contributed by atoms with E-state index in [4.69, 9.17) is 25.8 Å². The van der Waals surface area contributed by atoms with E-state index < -0.39 is 5.54 Å². The van der Waals surface area contributed by atoms with E-state index in [0.29, 0.717) is 49.8 Å². The van der Waals surface area contributed by atoms with Crippen molar-refractivity contribution in [2.75, 3.05) is 32.7 Å². The van der Waals surface area contributed by atoms with Gasteiger partial charge in [-0.2, -0.15) is 0 Å². The normalized spacial score (nSPS) is 24.9. The van der Waals surface area contributed by atoms with Crippen LogP contribution in [0.5, 0.6) is 11.5 Å². The molecular weight excluding hydrogens is 593 g/mol. The SMILES string of the molecule is COC(=O)C1(Nc2cccc(Cl)c2)CCC2(CC1)c1cc(OC)c(F)cc1CN2C[C@@H](C)COc1ccnc2c1[C@H](C)CCC2. The van der Waals surface area contributed by atoms with Crippen LogP contribution in [0.4, 0.5) is 10.1 Å². The maximum Gasteiger partial charge on any atom is 0.331 e. The number of nitrogens with zero attached hydrogens (tertiary/aromatic N) is 2. The van der Waals surface area contributed by atoms with E-state index in [1.807, 2.05) is 42.6 Å². The Labute approximate surface area is 270 Å². The molecule has 3 aromatic rings. The summed E-state index contributed by atoms with van der Waals surface area (Å²) in [6.07, 6.45) is 7.61. The summed E-state index contributed by atoms with van der Waals surface area (Å²) in [4.78, 5) is 20.5. The number of rotatable bonds is 9. The highest BCUT2D eigenvalue weighted by atomic mass is 35.5. The molecule has 0 saturated heterocycles. The Balaban J connectivity index is 1.25. The lowest BCUT2D eigenvalue weighted by Crippen LogP contribution is -2.56. The quantitative estimate of drug-likeness (QED) is 0.242. The fourth-order valence-electron chi connectivity index (χ4n) is 7.91. The molecule has 9 heteroatoms. The van der Waals surface area contributed by atoms with Gasteiger partial charge >= 0.3 is 5.97 Å². The molecule has 1 N–H and O–H groups in total. The molecule has 2 aliphatic carbocycles. The van der Waals surface area contributed by atoms with Crippen LogP contribution in [-0.2, 0) is 28.0 Å². The molecule has 0 unspecified atom stereocenters. The smallest absolute Gasteiger partial charge is 0.331 e. The molecule has 0 radical (unpaired) electrons. The molecule has 2 aromatic carbocycles. The van der Waals surface area contributed by atoms with Crippen LogP contribution in [-0.4, -0.2) is 48.8 Å². The largest absolute Gasteiger partial charge is 0.494 e. The van der Waals surface area contributed by atoms with Crippen molar-refractivity contribution >= 4 is 23.3 Å². The van der Waals surface area contributed by atoms with Crippen LogP contribution in [0.25, 0.3) is 0 Å². The van der Waals surface area contributed by atoms with E-state index in [9.17, 15) is 9.18 Å². The van der Waals surface area contributed by atoms with Crippen molar-refractivity contribution in [3.8, 4) is 11.5 Å². The number of aromatic nitrogens is 1. The van der Waals surface area contributed by atoms with Gasteiger partial charge in [0.05, 0.1) is 20.8 Å². The van der Waals surface area contributed by atoms with Crippen molar-refractivity contribution in [2.45, 2.75) is 82.3 Å². The fraction of sp³-hybridized carbons (Fsp3) is 0.500. The maximum absolute atomic E-state index is 15.0. The zero-order valence-corrected chi connectivity index (χ0v) is 27.4. The second-order valence-electron chi connectivity index (χ2n) is 13.1. The molecule has 0 amide bonds. The number of carbonyl (C=O) groups is 1. The zero-order chi connectivity index (χ0) is 31.8. The first-order valence-corrected chi connectivity index (χ1v) is 16.4. The first kappa shape index (κ1) is 31.6. The number of nitrogens with one attached hydrogen (secondary N) is 1. The summed E-state index contributed by atoms with van der Waals surface area (Å²) >= 11 is 6.27. The summed E-state index contributed by atoms with van der Waals surface area (Å²) in [5, 5.41) is 4.08. The predicted molar refractivity (Wildman–Crippen MR) is 174 cm³/mol. The summed E-state index contributed by atoms with van der Waals surface area (Å²) < 4.78 is 32.2.